The van der Waals surface area contributed by atoms with Crippen LogP contribution in [0, 0.1) is 0 Å². The van der Waals surface area contributed by atoms with Gasteiger partial charge in [-0.25, -0.2) is 9.98 Å². The number of dihydropyridines is 1. The molecular formula is C11H15N3. The Labute approximate surface area is 84.4 Å². The van der Waals surface area contributed by atoms with Crippen LogP contribution in [0.5, 0.6) is 0 Å². The van der Waals surface area contributed by atoms with Gasteiger partial charge in [0.2, 0.25) is 0 Å². The monoisotopic (exact) mass is 189 g/mol. The minimum atomic E-state index is 0.636. The van der Waals surface area contributed by atoms with E-state index >= 15 is 0 Å². The van der Waals surface area contributed by atoms with E-state index in [-0.39, 0.29) is 0 Å². The Morgan fingerprint density at radius 2 is 2.36 bits per heavy atom. The number of aliphatic imine (C=N–C) groups is 2. The molecule has 0 bridgehead atoms. The van der Waals surface area contributed by atoms with E-state index in [2.05, 4.69) is 23.5 Å². The third-order valence-corrected chi connectivity index (χ3v) is 2.10. The molecule has 3 heteroatoms. The number of hydrogen-bond donors (Lipinski definition) is 1. The lowest BCUT2D eigenvalue weighted by Crippen LogP contribution is -2.12. The van der Waals surface area contributed by atoms with Crippen LogP contribution in [0.15, 0.2) is 46.2 Å². The van der Waals surface area contributed by atoms with Gasteiger partial charge in [0.25, 0.3) is 0 Å². The minimum Gasteiger partial charge on any atom is -0.404 e. The topological polar surface area (TPSA) is 50.7 Å². The second-order valence-corrected chi connectivity index (χ2v) is 2.98. The first-order valence-electron chi connectivity index (χ1n) is 4.60. The first-order valence-corrected chi connectivity index (χ1v) is 4.60. The maximum atomic E-state index is 5.50. The fraction of sp³-hybridized carbons (Fsp3) is 0.273. The molecule has 74 valence electrons. The molecule has 1 aliphatic heterocycles. The molecular weight excluding hydrogens is 174 g/mol. The Morgan fingerprint density at radius 1 is 1.64 bits per heavy atom. The fourth-order valence-corrected chi connectivity index (χ4v) is 1.32. The van der Waals surface area contributed by atoms with Gasteiger partial charge < -0.3 is 5.73 Å². The van der Waals surface area contributed by atoms with Crippen molar-refractivity contribution in [1.29, 1.82) is 0 Å². The van der Waals surface area contributed by atoms with Crippen LogP contribution in [-0.2, 0) is 0 Å². The van der Waals surface area contributed by atoms with E-state index in [0.717, 1.165) is 17.7 Å². The van der Waals surface area contributed by atoms with E-state index in [9.17, 15) is 0 Å². The molecule has 0 amide bonds. The molecule has 1 rings (SSSR count). The lowest BCUT2D eigenvalue weighted by atomic mass is 10.0. The molecule has 0 atom stereocenters. The fourth-order valence-electron chi connectivity index (χ4n) is 1.32. The van der Waals surface area contributed by atoms with E-state index in [0.29, 0.717) is 5.84 Å². The van der Waals surface area contributed by atoms with Gasteiger partial charge in [0.15, 0.2) is 5.84 Å². The molecule has 1 aliphatic rings. The molecule has 14 heavy (non-hydrogen) atoms. The van der Waals surface area contributed by atoms with Gasteiger partial charge in [-0.3, -0.25) is 0 Å². The maximum Gasteiger partial charge on any atom is 0.160 e. The van der Waals surface area contributed by atoms with Gasteiger partial charge in [-0.2, -0.15) is 0 Å². The molecule has 0 aliphatic carbocycles. The summed E-state index contributed by atoms with van der Waals surface area (Å²) in [6, 6.07) is 0. The zero-order chi connectivity index (χ0) is 10.6. The van der Waals surface area contributed by atoms with E-state index in [1.807, 2.05) is 13.0 Å². The molecule has 0 aromatic rings. The molecule has 0 saturated carbocycles. The van der Waals surface area contributed by atoms with E-state index in [1.165, 1.54) is 18.0 Å². The van der Waals surface area contributed by atoms with Crippen LogP contribution in [0.4, 0.5) is 0 Å². The second kappa shape index (κ2) is 4.56. The van der Waals surface area contributed by atoms with Crippen LogP contribution in [0.1, 0.15) is 20.3 Å². The molecule has 1 heterocycles. The average Bonchev–Trinajstić information content (AvgIpc) is 2.19. The van der Waals surface area contributed by atoms with Crippen LogP contribution < -0.4 is 5.73 Å². The first kappa shape index (κ1) is 10.4. The van der Waals surface area contributed by atoms with Crippen molar-refractivity contribution in [2.75, 3.05) is 0 Å². The molecule has 0 saturated heterocycles. The third-order valence-electron chi connectivity index (χ3n) is 2.10. The van der Waals surface area contributed by atoms with Crippen molar-refractivity contribution in [1.82, 2.24) is 0 Å². The van der Waals surface area contributed by atoms with Crippen LogP contribution >= 0.6 is 0 Å². The van der Waals surface area contributed by atoms with Crippen molar-refractivity contribution >= 4 is 11.5 Å². The molecule has 3 nitrogen and oxygen atoms in total. The van der Waals surface area contributed by atoms with Gasteiger partial charge in [-0.1, -0.05) is 13.5 Å². The summed E-state index contributed by atoms with van der Waals surface area (Å²) < 4.78 is 0. The molecule has 0 spiro atoms. The van der Waals surface area contributed by atoms with Crippen molar-refractivity contribution in [2.24, 2.45) is 15.7 Å². The predicted octanol–water partition coefficient (Wildman–Crippen LogP) is 2.18. The number of hydrogen-bond acceptors (Lipinski definition) is 2. The highest BCUT2D eigenvalue weighted by molar-refractivity contribution is 6.16. The van der Waals surface area contributed by atoms with Gasteiger partial charge in [0.1, 0.15) is 0 Å². The Balaban J connectivity index is 3.14. The highest BCUT2D eigenvalue weighted by atomic mass is 14.9. The number of nitrogens with zero attached hydrogens (tertiary/aromatic N) is 2. The highest BCUT2D eigenvalue weighted by Crippen LogP contribution is 2.16. The van der Waals surface area contributed by atoms with Crippen molar-refractivity contribution in [3.8, 4) is 0 Å². The van der Waals surface area contributed by atoms with Crippen molar-refractivity contribution < 1.29 is 0 Å². The smallest absolute Gasteiger partial charge is 0.160 e. The summed E-state index contributed by atoms with van der Waals surface area (Å²) in [5, 5.41) is 0. The number of rotatable bonds is 2. The largest absolute Gasteiger partial charge is 0.404 e. The molecule has 0 unspecified atom stereocenters. The van der Waals surface area contributed by atoms with Crippen molar-refractivity contribution in [3.05, 3.63) is 36.2 Å². The summed E-state index contributed by atoms with van der Waals surface area (Å²) in [6.07, 6.45) is 5.97. The normalized spacial score (nSPS) is 22.1. The van der Waals surface area contributed by atoms with Gasteiger partial charge in [-0.05, 0) is 25.0 Å². The summed E-state index contributed by atoms with van der Waals surface area (Å²) in [5.41, 5.74) is 8.55. The van der Waals surface area contributed by atoms with E-state index in [1.54, 1.807) is 0 Å². The summed E-state index contributed by atoms with van der Waals surface area (Å²) >= 11 is 0. The number of nitrogens with two attached hydrogens (primary N) is 1. The minimum absolute atomic E-state index is 0.636. The van der Waals surface area contributed by atoms with Crippen LogP contribution in [0.25, 0.3) is 0 Å². The quantitative estimate of drug-likeness (QED) is 0.711. The zero-order valence-electron chi connectivity index (χ0n) is 8.62. The van der Waals surface area contributed by atoms with E-state index in [4.69, 9.17) is 5.73 Å². The first-order chi connectivity index (χ1) is 6.72. The summed E-state index contributed by atoms with van der Waals surface area (Å²) in [4.78, 5) is 8.41. The SMILES string of the molecule is C=C/N=C1/N=C(C)C(CC)=C/C1=C/N. The highest BCUT2D eigenvalue weighted by Gasteiger charge is 2.12. The molecule has 0 aromatic carbocycles. The summed E-state index contributed by atoms with van der Waals surface area (Å²) in [7, 11) is 0. The summed E-state index contributed by atoms with van der Waals surface area (Å²) in [6.45, 7) is 7.61. The van der Waals surface area contributed by atoms with Crippen molar-refractivity contribution in [2.45, 2.75) is 20.3 Å². The van der Waals surface area contributed by atoms with Gasteiger partial charge in [-0.15, -0.1) is 0 Å². The Morgan fingerprint density at radius 3 is 2.86 bits per heavy atom. The summed E-state index contributed by atoms with van der Waals surface area (Å²) in [5.74, 6) is 0.636. The molecule has 0 fully saturated rings. The average molecular weight is 189 g/mol. The standard InChI is InChI=1S/C11H15N3/c1-4-9-6-10(7-12)11(13-5-2)14-8(9)3/h5-7H,2,4,12H2,1,3H3/b10-7-,13-11+. The maximum absolute atomic E-state index is 5.50. The molecule has 0 aromatic heterocycles. The Bertz CT molecular complexity index is 357. The van der Waals surface area contributed by atoms with Crippen LogP contribution in [0.2, 0.25) is 0 Å². The lowest BCUT2D eigenvalue weighted by molar-refractivity contribution is 1.15. The lowest BCUT2D eigenvalue weighted by Gasteiger charge is -2.13. The van der Waals surface area contributed by atoms with Gasteiger partial charge in [0.05, 0.1) is 0 Å². The van der Waals surface area contributed by atoms with E-state index < -0.39 is 0 Å². The zero-order valence-corrected chi connectivity index (χ0v) is 8.62. The molecule has 0 radical (unpaired) electrons. The number of allylic oxidation sites excluding steroid dienone is 1. The second-order valence-electron chi connectivity index (χ2n) is 2.98. The van der Waals surface area contributed by atoms with Gasteiger partial charge in [0, 0.05) is 23.7 Å². The van der Waals surface area contributed by atoms with Gasteiger partial charge >= 0.3 is 0 Å². The number of amidine groups is 1. The predicted molar refractivity (Wildman–Crippen MR) is 61.4 cm³/mol. The van der Waals surface area contributed by atoms with Crippen LogP contribution in [-0.4, -0.2) is 11.5 Å². The third kappa shape index (κ3) is 1.99. The van der Waals surface area contributed by atoms with Crippen molar-refractivity contribution in [3.63, 3.8) is 0 Å². The Kier molecular flexibility index (Phi) is 3.40. The molecule has 2 N–H and O–H groups in total. The van der Waals surface area contributed by atoms with Crippen LogP contribution in [0.3, 0.4) is 0 Å². The Hall–Kier alpha value is -1.64.